The highest BCUT2D eigenvalue weighted by atomic mass is 19.4. The van der Waals surface area contributed by atoms with E-state index in [0.29, 0.717) is 26.1 Å². The molecule has 0 saturated carbocycles. The molecule has 1 unspecified atom stereocenters. The minimum atomic E-state index is -4.64. The number of halogens is 3. The molecular weight excluding hydrogens is 461 g/mol. The summed E-state index contributed by atoms with van der Waals surface area (Å²) in [4.78, 5) is 46.0. The zero-order valence-corrected chi connectivity index (χ0v) is 18.8. The number of nitrogens with zero attached hydrogens (tertiary/aromatic N) is 1. The molecule has 1 heterocycles. The molecule has 0 radical (unpaired) electrons. The van der Waals surface area contributed by atoms with Crippen LogP contribution >= 0.6 is 0 Å². The molecule has 190 valence electrons. The van der Waals surface area contributed by atoms with Gasteiger partial charge in [0.25, 0.3) is 0 Å². The highest BCUT2D eigenvalue weighted by Gasteiger charge is 2.25. The molecule has 0 aliphatic carbocycles. The van der Waals surface area contributed by atoms with Gasteiger partial charge in [-0.3, -0.25) is 14.4 Å². The standard InChI is InChI=1S/C20H28N2O6.C2HF3O/c1-26-15-20(25)28-14-17-12-22(11-10-21-17)18(23)8-5-9-19(24)27-13-16-6-3-2-4-7-16;3-2(4,5)1-6/h2-4,6-7,17,21H,5,8-15H2,1H3;1H. The summed E-state index contributed by atoms with van der Waals surface area (Å²) in [6.07, 6.45) is -4.75. The third kappa shape index (κ3) is 13.5. The first-order chi connectivity index (χ1) is 16.1. The quantitative estimate of drug-likeness (QED) is 0.389. The molecule has 2 rings (SSSR count). The Morgan fingerprint density at radius 2 is 1.79 bits per heavy atom. The van der Waals surface area contributed by atoms with Crippen LogP contribution in [0.2, 0.25) is 0 Å². The van der Waals surface area contributed by atoms with Gasteiger partial charge in [-0.1, -0.05) is 30.3 Å². The number of carbonyl (C=O) groups excluding carboxylic acids is 4. The number of hydrogen-bond acceptors (Lipinski definition) is 8. The SMILES string of the molecule is COCC(=O)OCC1CN(C(=O)CCCC(=O)OCc2ccccc2)CCN1.O=CC(F)(F)F. The van der Waals surface area contributed by atoms with Gasteiger partial charge >= 0.3 is 18.1 Å². The number of aldehydes is 1. The van der Waals surface area contributed by atoms with E-state index in [4.69, 9.17) is 19.0 Å². The van der Waals surface area contributed by atoms with Crippen molar-refractivity contribution in [1.29, 1.82) is 0 Å². The second-order valence-electron chi connectivity index (χ2n) is 7.27. The van der Waals surface area contributed by atoms with E-state index in [9.17, 15) is 27.6 Å². The number of rotatable bonds is 10. The van der Waals surface area contributed by atoms with Crippen molar-refractivity contribution in [3.8, 4) is 0 Å². The summed E-state index contributed by atoms with van der Waals surface area (Å²) in [5.74, 6) is -0.743. The zero-order chi connectivity index (χ0) is 25.4. The average Bonchev–Trinajstić information content (AvgIpc) is 2.82. The number of benzene rings is 1. The van der Waals surface area contributed by atoms with Crippen LogP contribution in [0.4, 0.5) is 13.2 Å². The van der Waals surface area contributed by atoms with Crippen LogP contribution < -0.4 is 5.32 Å². The maximum absolute atomic E-state index is 12.4. The minimum absolute atomic E-state index is 0.00872. The lowest BCUT2D eigenvalue weighted by Crippen LogP contribution is -2.54. The first kappa shape index (κ1) is 29.0. The number of hydrogen-bond donors (Lipinski definition) is 1. The number of ether oxygens (including phenoxy) is 3. The van der Waals surface area contributed by atoms with E-state index in [2.05, 4.69) is 5.32 Å². The molecule has 34 heavy (non-hydrogen) atoms. The lowest BCUT2D eigenvalue weighted by Gasteiger charge is -2.33. The Labute approximate surface area is 195 Å². The minimum Gasteiger partial charge on any atom is -0.462 e. The summed E-state index contributed by atoms with van der Waals surface area (Å²) in [5.41, 5.74) is 0.935. The van der Waals surface area contributed by atoms with Gasteiger partial charge in [-0.05, 0) is 12.0 Å². The number of carbonyl (C=O) groups is 4. The average molecular weight is 490 g/mol. The van der Waals surface area contributed by atoms with Crippen LogP contribution in [0, 0.1) is 0 Å². The maximum atomic E-state index is 12.4. The van der Waals surface area contributed by atoms with Crippen molar-refractivity contribution in [2.45, 2.75) is 38.1 Å². The molecule has 1 aromatic carbocycles. The predicted octanol–water partition coefficient (Wildman–Crippen LogP) is 1.64. The third-order valence-corrected chi connectivity index (χ3v) is 4.46. The summed E-state index contributed by atoms with van der Waals surface area (Å²) in [6.45, 7) is 2.05. The Bertz CT molecular complexity index is 776. The fourth-order valence-electron chi connectivity index (χ4n) is 2.87. The van der Waals surface area contributed by atoms with Crippen molar-refractivity contribution >= 4 is 24.1 Å². The molecule has 0 bridgehead atoms. The second-order valence-corrected chi connectivity index (χ2v) is 7.27. The molecule has 1 aliphatic rings. The Morgan fingerprint density at radius 3 is 2.41 bits per heavy atom. The first-order valence-electron chi connectivity index (χ1n) is 10.5. The molecule has 1 aliphatic heterocycles. The Kier molecular flexibility index (Phi) is 13.5. The van der Waals surface area contributed by atoms with Crippen molar-refractivity contribution in [2.24, 2.45) is 0 Å². The Balaban J connectivity index is 0.000000852. The maximum Gasteiger partial charge on any atom is 0.446 e. The fraction of sp³-hybridized carbons (Fsp3) is 0.545. The van der Waals surface area contributed by atoms with Gasteiger partial charge in [0.15, 0.2) is 0 Å². The van der Waals surface area contributed by atoms with E-state index in [1.54, 1.807) is 4.90 Å². The van der Waals surface area contributed by atoms with E-state index in [1.807, 2.05) is 30.3 Å². The molecule has 0 aromatic heterocycles. The molecule has 1 N–H and O–H groups in total. The van der Waals surface area contributed by atoms with Gasteiger partial charge in [0.1, 0.15) is 19.8 Å². The number of methoxy groups -OCH3 is 1. The van der Waals surface area contributed by atoms with Gasteiger partial charge in [0.2, 0.25) is 12.2 Å². The summed E-state index contributed by atoms with van der Waals surface area (Å²) < 4.78 is 46.3. The van der Waals surface area contributed by atoms with Gasteiger partial charge < -0.3 is 24.4 Å². The van der Waals surface area contributed by atoms with Crippen LogP contribution in [0.3, 0.4) is 0 Å². The van der Waals surface area contributed by atoms with Crippen LogP contribution in [-0.4, -0.2) is 81.2 Å². The van der Waals surface area contributed by atoms with Crippen molar-refractivity contribution in [3.05, 3.63) is 35.9 Å². The number of alkyl halides is 3. The van der Waals surface area contributed by atoms with E-state index in [0.717, 1.165) is 5.56 Å². The van der Waals surface area contributed by atoms with Gasteiger partial charge in [-0.15, -0.1) is 0 Å². The third-order valence-electron chi connectivity index (χ3n) is 4.46. The van der Waals surface area contributed by atoms with Crippen molar-refractivity contribution in [2.75, 3.05) is 40.0 Å². The van der Waals surface area contributed by atoms with Crippen LogP contribution in [0.25, 0.3) is 0 Å². The smallest absolute Gasteiger partial charge is 0.446 e. The normalized spacial score (nSPS) is 15.5. The second kappa shape index (κ2) is 15.8. The molecular formula is C22H29F3N2O7. The molecule has 1 atom stereocenters. The Morgan fingerprint density at radius 1 is 1.12 bits per heavy atom. The van der Waals surface area contributed by atoms with E-state index in [-0.39, 0.29) is 50.6 Å². The lowest BCUT2D eigenvalue weighted by atomic mass is 10.1. The van der Waals surface area contributed by atoms with Crippen molar-refractivity contribution < 1.29 is 46.6 Å². The number of piperazine rings is 1. The molecule has 9 nitrogen and oxygen atoms in total. The first-order valence-corrected chi connectivity index (χ1v) is 10.5. The highest BCUT2D eigenvalue weighted by molar-refractivity contribution is 5.77. The zero-order valence-electron chi connectivity index (χ0n) is 18.8. The van der Waals surface area contributed by atoms with Crippen molar-refractivity contribution in [1.82, 2.24) is 10.2 Å². The molecule has 1 aromatic rings. The van der Waals surface area contributed by atoms with Crippen LogP contribution in [0.15, 0.2) is 30.3 Å². The van der Waals surface area contributed by atoms with Gasteiger partial charge in [-0.25, -0.2) is 4.79 Å². The van der Waals surface area contributed by atoms with Gasteiger partial charge in [0, 0.05) is 39.6 Å². The molecule has 12 heteroatoms. The number of amides is 1. The molecule has 1 fully saturated rings. The van der Waals surface area contributed by atoms with Crippen LogP contribution in [0.1, 0.15) is 24.8 Å². The largest absolute Gasteiger partial charge is 0.462 e. The topological polar surface area (TPSA) is 111 Å². The van der Waals surface area contributed by atoms with E-state index >= 15 is 0 Å². The Hall–Kier alpha value is -2.99. The number of esters is 2. The number of nitrogens with one attached hydrogen (secondary N) is 1. The van der Waals surface area contributed by atoms with E-state index in [1.165, 1.54) is 7.11 Å². The monoisotopic (exact) mass is 490 g/mol. The fourth-order valence-corrected chi connectivity index (χ4v) is 2.87. The summed E-state index contributed by atoms with van der Waals surface area (Å²) in [5, 5.41) is 3.22. The van der Waals surface area contributed by atoms with Crippen LogP contribution in [0.5, 0.6) is 0 Å². The lowest BCUT2D eigenvalue weighted by molar-refractivity contribution is -0.156. The molecule has 0 spiro atoms. The molecule has 1 amide bonds. The van der Waals surface area contributed by atoms with E-state index < -0.39 is 18.4 Å². The summed E-state index contributed by atoms with van der Waals surface area (Å²) >= 11 is 0. The predicted molar refractivity (Wildman–Crippen MR) is 113 cm³/mol. The van der Waals surface area contributed by atoms with Gasteiger partial charge in [0.05, 0.1) is 6.04 Å². The van der Waals surface area contributed by atoms with Crippen molar-refractivity contribution in [3.63, 3.8) is 0 Å². The van der Waals surface area contributed by atoms with Crippen LogP contribution in [-0.2, 0) is 40.0 Å². The van der Waals surface area contributed by atoms with Gasteiger partial charge in [-0.2, -0.15) is 13.2 Å². The summed E-state index contributed by atoms with van der Waals surface area (Å²) in [7, 11) is 1.43. The highest BCUT2D eigenvalue weighted by Crippen LogP contribution is 2.09. The summed E-state index contributed by atoms with van der Waals surface area (Å²) in [6, 6.07) is 9.37. The molecule has 1 saturated heterocycles.